The van der Waals surface area contributed by atoms with Crippen LogP contribution in [0.25, 0.3) is 0 Å². The molecule has 0 saturated heterocycles. The highest BCUT2D eigenvalue weighted by molar-refractivity contribution is 5.94. The van der Waals surface area contributed by atoms with Crippen molar-refractivity contribution in [3.63, 3.8) is 0 Å². The number of carbonyl (C=O) groups is 1. The van der Waals surface area contributed by atoms with Crippen molar-refractivity contribution in [1.82, 2.24) is 14.7 Å². The van der Waals surface area contributed by atoms with Crippen molar-refractivity contribution < 1.29 is 9.53 Å². The van der Waals surface area contributed by atoms with Crippen LogP contribution in [0.1, 0.15) is 22.3 Å². The average Bonchev–Trinajstić information content (AvgIpc) is 3.18. The van der Waals surface area contributed by atoms with E-state index in [0.29, 0.717) is 25.3 Å². The van der Waals surface area contributed by atoms with E-state index in [4.69, 9.17) is 4.74 Å². The number of aromatic nitrogens is 2. The van der Waals surface area contributed by atoms with Gasteiger partial charge in [0.25, 0.3) is 5.91 Å². The van der Waals surface area contributed by atoms with Crippen molar-refractivity contribution >= 4 is 5.91 Å². The van der Waals surface area contributed by atoms with Crippen molar-refractivity contribution in [3.05, 3.63) is 84.2 Å². The van der Waals surface area contributed by atoms with E-state index in [-0.39, 0.29) is 5.91 Å². The normalized spacial score (nSPS) is 10.5. The smallest absolute Gasteiger partial charge is 0.253 e. The zero-order valence-corrected chi connectivity index (χ0v) is 14.9. The van der Waals surface area contributed by atoms with Crippen LogP contribution in [-0.2, 0) is 6.54 Å². The molecule has 0 bridgehead atoms. The molecule has 0 N–H and O–H groups in total. The van der Waals surface area contributed by atoms with Crippen LogP contribution in [0.5, 0.6) is 5.75 Å². The first-order valence-electron chi connectivity index (χ1n) is 8.72. The molecule has 5 heteroatoms. The van der Waals surface area contributed by atoms with E-state index in [1.807, 2.05) is 78.6 Å². The molecule has 0 aliphatic carbocycles. The van der Waals surface area contributed by atoms with Crippen molar-refractivity contribution in [2.24, 2.45) is 0 Å². The number of para-hydroxylation sites is 1. The first-order chi connectivity index (χ1) is 12.7. The Morgan fingerprint density at radius 2 is 1.96 bits per heavy atom. The predicted molar refractivity (Wildman–Crippen MR) is 101 cm³/mol. The lowest BCUT2D eigenvalue weighted by Crippen LogP contribution is -2.28. The van der Waals surface area contributed by atoms with Crippen molar-refractivity contribution in [2.45, 2.75) is 13.0 Å². The van der Waals surface area contributed by atoms with E-state index in [1.165, 1.54) is 0 Å². The van der Waals surface area contributed by atoms with Gasteiger partial charge in [0.1, 0.15) is 5.75 Å². The SMILES string of the molecule is CN(CCCOc1ccccc1)C(=O)c1cccc(Cn2cccn2)c1. The van der Waals surface area contributed by atoms with E-state index >= 15 is 0 Å². The second kappa shape index (κ2) is 8.85. The average molecular weight is 349 g/mol. The van der Waals surface area contributed by atoms with E-state index < -0.39 is 0 Å². The molecule has 0 unspecified atom stereocenters. The molecule has 1 heterocycles. The van der Waals surface area contributed by atoms with Gasteiger partial charge in [0, 0.05) is 31.5 Å². The van der Waals surface area contributed by atoms with Crippen molar-refractivity contribution in [1.29, 1.82) is 0 Å². The van der Waals surface area contributed by atoms with Gasteiger partial charge in [-0.15, -0.1) is 0 Å². The molecule has 0 atom stereocenters. The predicted octanol–water partition coefficient (Wildman–Crippen LogP) is 3.47. The Morgan fingerprint density at radius 3 is 2.73 bits per heavy atom. The molecule has 26 heavy (non-hydrogen) atoms. The van der Waals surface area contributed by atoms with Crippen molar-refractivity contribution in [3.8, 4) is 5.75 Å². The highest BCUT2D eigenvalue weighted by atomic mass is 16.5. The molecule has 3 rings (SSSR count). The monoisotopic (exact) mass is 349 g/mol. The lowest BCUT2D eigenvalue weighted by Gasteiger charge is -2.18. The molecule has 0 fully saturated rings. The van der Waals surface area contributed by atoms with Gasteiger partial charge in [-0.25, -0.2) is 0 Å². The van der Waals surface area contributed by atoms with Gasteiger partial charge in [0.05, 0.1) is 13.2 Å². The molecule has 1 amide bonds. The Kier molecular flexibility index (Phi) is 6.04. The third-order valence-electron chi connectivity index (χ3n) is 4.07. The second-order valence-electron chi connectivity index (χ2n) is 6.15. The van der Waals surface area contributed by atoms with Gasteiger partial charge in [-0.05, 0) is 42.3 Å². The first-order valence-corrected chi connectivity index (χ1v) is 8.72. The lowest BCUT2D eigenvalue weighted by atomic mass is 10.1. The van der Waals surface area contributed by atoms with E-state index in [9.17, 15) is 4.79 Å². The minimum absolute atomic E-state index is 0.0204. The van der Waals surface area contributed by atoms with Gasteiger partial charge < -0.3 is 9.64 Å². The minimum atomic E-state index is 0.0204. The number of hydrogen-bond donors (Lipinski definition) is 0. The van der Waals surface area contributed by atoms with Crippen LogP contribution >= 0.6 is 0 Å². The topological polar surface area (TPSA) is 47.4 Å². The zero-order chi connectivity index (χ0) is 18.2. The summed E-state index contributed by atoms with van der Waals surface area (Å²) in [5.74, 6) is 0.875. The van der Waals surface area contributed by atoms with Gasteiger partial charge in [0.2, 0.25) is 0 Å². The second-order valence-corrected chi connectivity index (χ2v) is 6.15. The minimum Gasteiger partial charge on any atom is -0.494 e. The van der Waals surface area contributed by atoms with Crippen LogP contribution in [0.4, 0.5) is 0 Å². The van der Waals surface area contributed by atoms with E-state index in [0.717, 1.165) is 17.7 Å². The van der Waals surface area contributed by atoms with Crippen LogP contribution in [0, 0.1) is 0 Å². The van der Waals surface area contributed by atoms with Crippen LogP contribution in [-0.4, -0.2) is 40.8 Å². The third kappa shape index (κ3) is 4.96. The molecule has 0 saturated carbocycles. The Labute approximate surface area is 153 Å². The number of hydrogen-bond acceptors (Lipinski definition) is 3. The van der Waals surface area contributed by atoms with E-state index in [2.05, 4.69) is 5.10 Å². The quantitative estimate of drug-likeness (QED) is 0.585. The summed E-state index contributed by atoms with van der Waals surface area (Å²) in [5.41, 5.74) is 1.75. The Morgan fingerprint density at radius 1 is 1.12 bits per heavy atom. The number of ether oxygens (including phenoxy) is 1. The largest absolute Gasteiger partial charge is 0.494 e. The number of carbonyl (C=O) groups excluding carboxylic acids is 1. The molecule has 0 aliphatic rings. The maximum atomic E-state index is 12.6. The number of amides is 1. The fourth-order valence-electron chi connectivity index (χ4n) is 2.71. The third-order valence-corrected chi connectivity index (χ3v) is 4.07. The zero-order valence-electron chi connectivity index (χ0n) is 14.9. The summed E-state index contributed by atoms with van der Waals surface area (Å²) in [6, 6.07) is 19.3. The Hall–Kier alpha value is -3.08. The summed E-state index contributed by atoms with van der Waals surface area (Å²) >= 11 is 0. The molecule has 2 aromatic carbocycles. The van der Waals surface area contributed by atoms with Gasteiger partial charge in [-0.2, -0.15) is 5.10 Å². The van der Waals surface area contributed by atoms with Gasteiger partial charge in [-0.1, -0.05) is 30.3 Å². The standard InChI is InChI=1S/C21H23N3O2/c1-23(13-7-15-26-20-10-3-2-4-11-20)21(25)19-9-5-8-18(16-19)17-24-14-6-12-22-24/h2-6,8-12,14,16H,7,13,15,17H2,1H3. The summed E-state index contributed by atoms with van der Waals surface area (Å²) in [6.07, 6.45) is 4.44. The maximum Gasteiger partial charge on any atom is 0.253 e. The molecular formula is C21H23N3O2. The molecule has 1 aromatic heterocycles. The molecule has 0 aliphatic heterocycles. The molecule has 134 valence electrons. The molecule has 0 radical (unpaired) electrons. The Bertz CT molecular complexity index is 816. The lowest BCUT2D eigenvalue weighted by molar-refractivity contribution is 0.0787. The van der Waals surface area contributed by atoms with Gasteiger partial charge in [-0.3, -0.25) is 9.48 Å². The fraction of sp³-hybridized carbons (Fsp3) is 0.238. The molecular weight excluding hydrogens is 326 g/mol. The van der Waals surface area contributed by atoms with Gasteiger partial charge in [0.15, 0.2) is 0 Å². The van der Waals surface area contributed by atoms with Crippen molar-refractivity contribution in [2.75, 3.05) is 20.2 Å². The summed E-state index contributed by atoms with van der Waals surface area (Å²) in [7, 11) is 1.82. The number of benzene rings is 2. The summed E-state index contributed by atoms with van der Waals surface area (Å²) in [5, 5.41) is 4.20. The maximum absolute atomic E-state index is 12.6. The molecule has 3 aromatic rings. The number of nitrogens with zero attached hydrogens (tertiary/aromatic N) is 3. The molecule has 0 spiro atoms. The van der Waals surface area contributed by atoms with E-state index in [1.54, 1.807) is 11.1 Å². The van der Waals surface area contributed by atoms with Gasteiger partial charge >= 0.3 is 0 Å². The first kappa shape index (κ1) is 17.7. The van der Waals surface area contributed by atoms with Crippen LogP contribution < -0.4 is 4.74 Å². The number of rotatable bonds is 8. The fourth-order valence-corrected chi connectivity index (χ4v) is 2.71. The summed E-state index contributed by atoms with van der Waals surface area (Å²) in [6.45, 7) is 1.89. The molecule has 5 nitrogen and oxygen atoms in total. The van der Waals surface area contributed by atoms with Crippen LogP contribution in [0.3, 0.4) is 0 Å². The summed E-state index contributed by atoms with van der Waals surface area (Å²) in [4.78, 5) is 14.4. The highest BCUT2D eigenvalue weighted by Crippen LogP contribution is 2.11. The van der Waals surface area contributed by atoms with Crippen LogP contribution in [0.15, 0.2) is 73.1 Å². The summed E-state index contributed by atoms with van der Waals surface area (Å²) < 4.78 is 7.51. The van der Waals surface area contributed by atoms with Crippen LogP contribution in [0.2, 0.25) is 0 Å². The Balaban J connectivity index is 1.50. The highest BCUT2D eigenvalue weighted by Gasteiger charge is 2.12.